The van der Waals surface area contributed by atoms with Crippen molar-refractivity contribution in [3.05, 3.63) is 34.1 Å². The van der Waals surface area contributed by atoms with Crippen LogP contribution in [0.25, 0.3) is 10.9 Å². The number of aromatic nitrogens is 1. The summed E-state index contributed by atoms with van der Waals surface area (Å²) < 4.78 is 46.1. The van der Waals surface area contributed by atoms with Gasteiger partial charge in [0.05, 0.1) is 22.8 Å². The number of rotatable bonds is 5. The fourth-order valence-electron chi connectivity index (χ4n) is 4.17. The maximum Gasteiger partial charge on any atom is 0.341 e. The normalized spacial score (nSPS) is 19.9. The first-order chi connectivity index (χ1) is 15.7. The molecule has 0 amide bonds. The second-order valence-corrected chi connectivity index (χ2v) is 10.9. The Hall–Kier alpha value is -2.70. The van der Waals surface area contributed by atoms with Crippen LogP contribution in [0.3, 0.4) is 0 Å². The number of piperidine rings is 1. The van der Waals surface area contributed by atoms with Crippen LogP contribution in [0.5, 0.6) is 5.75 Å². The molecule has 1 aromatic carbocycles. The van der Waals surface area contributed by atoms with Gasteiger partial charge in [-0.3, -0.25) is 9.35 Å². The molecular weight excluding hydrogens is 469 g/mol. The van der Waals surface area contributed by atoms with Crippen LogP contribution < -0.4 is 20.8 Å². The van der Waals surface area contributed by atoms with E-state index in [2.05, 4.69) is 18.7 Å². The van der Waals surface area contributed by atoms with Gasteiger partial charge in [0.25, 0.3) is 10.1 Å². The highest BCUT2D eigenvalue weighted by atomic mass is 32.2. The molecule has 2 heterocycles. The van der Waals surface area contributed by atoms with Crippen LogP contribution in [0.2, 0.25) is 0 Å². The lowest BCUT2D eigenvalue weighted by Gasteiger charge is -2.44. The maximum absolute atomic E-state index is 13.1. The second kappa shape index (κ2) is 9.51. The number of nitrogens with two attached hydrogens (primary N) is 1. The van der Waals surface area contributed by atoms with Gasteiger partial charge >= 0.3 is 5.97 Å². The first-order valence-electron chi connectivity index (χ1n) is 10.8. The summed E-state index contributed by atoms with van der Waals surface area (Å²) >= 11 is 0. The highest BCUT2D eigenvalue weighted by Crippen LogP contribution is 2.41. The number of ether oxygens (including phenoxy) is 1. The summed E-state index contributed by atoms with van der Waals surface area (Å²) in [6.45, 7) is 4.52. The van der Waals surface area contributed by atoms with Crippen LogP contribution in [0.15, 0.2) is 23.1 Å². The number of pyridine rings is 1. The standard InChI is InChI=1S/C21H26FN3O4.CH4O3S/c1-21(2)10-24(6-5-18(21)23)16-8-15-13(7-17(16)29-11-22)19(26)14(20(27)28)9-25(15)12-3-4-12;1-5(2,3)4/h7-9,12,18H,3-6,10-11,23H2,1-2H3,(H,27,28);1H3,(H,2,3,4). The van der Waals surface area contributed by atoms with Crippen molar-refractivity contribution in [1.29, 1.82) is 0 Å². The van der Waals surface area contributed by atoms with E-state index >= 15 is 0 Å². The number of carboxylic acids is 1. The zero-order valence-corrected chi connectivity index (χ0v) is 20.1. The minimum absolute atomic E-state index is 0.0625. The molecule has 2 fully saturated rings. The van der Waals surface area contributed by atoms with Crippen molar-refractivity contribution >= 4 is 32.7 Å². The molecule has 0 radical (unpaired) electrons. The molecule has 1 saturated carbocycles. The first kappa shape index (κ1) is 25.9. The van der Waals surface area contributed by atoms with Gasteiger partial charge in [-0.2, -0.15) is 8.42 Å². The predicted molar refractivity (Wildman–Crippen MR) is 126 cm³/mol. The van der Waals surface area contributed by atoms with Crippen LogP contribution in [-0.2, 0) is 10.1 Å². The number of carboxylic acid groups (broad SMARTS) is 1. The van der Waals surface area contributed by atoms with Crippen molar-refractivity contribution in [3.63, 3.8) is 0 Å². The van der Waals surface area contributed by atoms with E-state index in [1.807, 2.05) is 10.6 Å². The van der Waals surface area contributed by atoms with Gasteiger partial charge in [-0.25, -0.2) is 9.18 Å². The largest absolute Gasteiger partial charge is 0.477 e. The molecule has 1 atom stereocenters. The third-order valence-electron chi connectivity index (χ3n) is 6.15. The van der Waals surface area contributed by atoms with Crippen molar-refractivity contribution in [2.45, 2.75) is 45.2 Å². The number of hydrogen-bond acceptors (Lipinski definition) is 7. The van der Waals surface area contributed by atoms with Crippen LogP contribution >= 0.6 is 0 Å². The van der Waals surface area contributed by atoms with Gasteiger partial charge in [0.2, 0.25) is 12.3 Å². The Morgan fingerprint density at radius 1 is 1.29 bits per heavy atom. The molecule has 2 aromatic rings. The van der Waals surface area contributed by atoms with Crippen LogP contribution in [0, 0.1) is 5.41 Å². The molecule has 1 saturated heterocycles. The SMILES string of the molecule is CC1(C)CN(c2cc3c(cc2OCF)c(=O)c(C(=O)O)cn3C2CC2)CCC1N.CS(=O)(=O)O. The molecule has 4 N–H and O–H groups in total. The minimum atomic E-state index is -3.67. The van der Waals surface area contributed by atoms with Gasteiger partial charge in [-0.05, 0) is 36.8 Å². The lowest BCUT2D eigenvalue weighted by molar-refractivity contribution is 0.0694. The Morgan fingerprint density at radius 2 is 1.91 bits per heavy atom. The van der Waals surface area contributed by atoms with Gasteiger partial charge in [0.1, 0.15) is 11.3 Å². The van der Waals surface area contributed by atoms with Crippen LogP contribution in [0.1, 0.15) is 49.5 Å². The van der Waals surface area contributed by atoms with E-state index in [0.717, 1.165) is 19.3 Å². The monoisotopic (exact) mass is 499 g/mol. The fraction of sp³-hybridized carbons (Fsp3) is 0.545. The van der Waals surface area contributed by atoms with Gasteiger partial charge < -0.3 is 25.0 Å². The van der Waals surface area contributed by atoms with E-state index in [-0.39, 0.29) is 34.2 Å². The minimum Gasteiger partial charge on any atom is -0.477 e. The van der Waals surface area contributed by atoms with Crippen LogP contribution in [0.4, 0.5) is 10.1 Å². The van der Waals surface area contributed by atoms with Crippen molar-refractivity contribution in [2.75, 3.05) is 31.1 Å². The summed E-state index contributed by atoms with van der Waals surface area (Å²) in [6, 6.07) is 3.55. The van der Waals surface area contributed by atoms with Crippen LogP contribution in [-0.4, -0.2) is 60.9 Å². The average molecular weight is 500 g/mol. The van der Waals surface area contributed by atoms with E-state index < -0.39 is 28.4 Å². The molecule has 0 spiro atoms. The van der Waals surface area contributed by atoms with Gasteiger partial charge in [-0.1, -0.05) is 13.8 Å². The lowest BCUT2D eigenvalue weighted by Crippen LogP contribution is -2.52. The molecule has 1 aliphatic carbocycles. The first-order valence-corrected chi connectivity index (χ1v) is 12.7. The maximum atomic E-state index is 13.1. The number of alkyl halides is 1. The molecule has 4 rings (SSSR count). The molecule has 12 heteroatoms. The van der Waals surface area contributed by atoms with Crippen molar-refractivity contribution in [1.82, 2.24) is 4.57 Å². The second-order valence-electron chi connectivity index (χ2n) is 9.44. The molecule has 1 aromatic heterocycles. The Morgan fingerprint density at radius 3 is 2.41 bits per heavy atom. The number of carbonyl (C=O) groups is 1. The molecule has 10 nitrogen and oxygen atoms in total. The van der Waals surface area contributed by atoms with Crippen molar-refractivity contribution in [2.24, 2.45) is 11.1 Å². The Balaban J connectivity index is 0.000000588. The van der Waals surface area contributed by atoms with E-state index in [0.29, 0.717) is 30.5 Å². The molecule has 188 valence electrons. The highest BCUT2D eigenvalue weighted by molar-refractivity contribution is 7.85. The number of anilines is 1. The number of nitrogens with zero attached hydrogens (tertiary/aromatic N) is 2. The zero-order valence-electron chi connectivity index (χ0n) is 19.3. The van der Waals surface area contributed by atoms with E-state index in [9.17, 15) is 27.5 Å². The fourth-order valence-corrected chi connectivity index (χ4v) is 4.17. The Kier molecular flexibility index (Phi) is 7.25. The van der Waals surface area contributed by atoms with E-state index in [4.69, 9.17) is 15.0 Å². The number of aromatic carboxylic acids is 1. The summed E-state index contributed by atoms with van der Waals surface area (Å²) in [7, 11) is -3.67. The molecule has 1 aliphatic heterocycles. The third-order valence-corrected chi connectivity index (χ3v) is 6.15. The molecule has 0 bridgehead atoms. The Bertz CT molecular complexity index is 1250. The van der Waals surface area contributed by atoms with E-state index in [1.165, 1.54) is 12.3 Å². The van der Waals surface area contributed by atoms with Crippen molar-refractivity contribution in [3.8, 4) is 5.75 Å². The van der Waals surface area contributed by atoms with E-state index in [1.54, 1.807) is 0 Å². The van der Waals surface area contributed by atoms with Crippen molar-refractivity contribution < 1.29 is 32.0 Å². The summed E-state index contributed by atoms with van der Waals surface area (Å²) in [5, 5.41) is 9.67. The van der Waals surface area contributed by atoms with Gasteiger partial charge in [-0.15, -0.1) is 0 Å². The number of halogens is 1. The lowest BCUT2D eigenvalue weighted by atomic mass is 9.79. The smallest absolute Gasteiger partial charge is 0.341 e. The summed E-state index contributed by atoms with van der Waals surface area (Å²) in [6.07, 6.45) is 4.79. The number of hydrogen-bond donors (Lipinski definition) is 3. The summed E-state index contributed by atoms with van der Waals surface area (Å²) in [4.78, 5) is 26.5. The summed E-state index contributed by atoms with van der Waals surface area (Å²) in [5.74, 6) is -1.02. The number of benzene rings is 1. The topological polar surface area (TPSA) is 152 Å². The molecule has 34 heavy (non-hydrogen) atoms. The Labute approximate surface area is 196 Å². The number of fused-ring (bicyclic) bond motifs is 1. The molecule has 2 aliphatic rings. The third kappa shape index (κ3) is 5.86. The zero-order chi connectivity index (χ0) is 25.4. The molecular formula is C22H30FN3O7S. The highest BCUT2D eigenvalue weighted by Gasteiger charge is 2.35. The predicted octanol–water partition coefficient (Wildman–Crippen LogP) is 2.41. The quantitative estimate of drug-likeness (QED) is 0.527. The summed E-state index contributed by atoms with van der Waals surface area (Å²) in [5.41, 5.74) is 6.61. The van der Waals surface area contributed by atoms with Gasteiger partial charge in [0.15, 0.2) is 0 Å². The molecule has 1 unspecified atom stereocenters. The van der Waals surface area contributed by atoms with Gasteiger partial charge in [0, 0.05) is 31.4 Å². The average Bonchev–Trinajstić information content (AvgIpc) is 3.54.